The standard InChI is InChI=1S/C9H19NO/c1-10(8-11)7-9-5-3-2-4-6-9/h9,11H,2-8H2,1H3. The minimum absolute atomic E-state index is 0.205. The van der Waals surface area contributed by atoms with Crippen LogP contribution in [0.15, 0.2) is 0 Å². The fourth-order valence-electron chi connectivity index (χ4n) is 1.87. The van der Waals surface area contributed by atoms with Crippen molar-refractivity contribution in [1.29, 1.82) is 0 Å². The minimum atomic E-state index is 0.205. The fourth-order valence-corrected chi connectivity index (χ4v) is 1.87. The van der Waals surface area contributed by atoms with E-state index in [1.807, 2.05) is 11.9 Å². The SMILES string of the molecule is CN(CO)CC1CCCCC1. The highest BCUT2D eigenvalue weighted by atomic mass is 16.3. The largest absolute Gasteiger partial charge is 0.381 e. The van der Waals surface area contributed by atoms with E-state index in [0.717, 1.165) is 12.5 Å². The Morgan fingerprint density at radius 2 is 1.91 bits per heavy atom. The number of nitrogens with zero attached hydrogens (tertiary/aromatic N) is 1. The van der Waals surface area contributed by atoms with Crippen LogP contribution in [0.5, 0.6) is 0 Å². The molecule has 0 spiro atoms. The maximum Gasteiger partial charge on any atom is 0.0954 e. The van der Waals surface area contributed by atoms with Crippen LogP contribution in [0.1, 0.15) is 32.1 Å². The first-order chi connectivity index (χ1) is 5.33. The van der Waals surface area contributed by atoms with Gasteiger partial charge in [-0.2, -0.15) is 0 Å². The molecule has 0 atom stereocenters. The second-order valence-electron chi connectivity index (χ2n) is 3.68. The maximum absolute atomic E-state index is 8.79. The number of hydrogen-bond acceptors (Lipinski definition) is 2. The van der Waals surface area contributed by atoms with E-state index >= 15 is 0 Å². The molecule has 1 aliphatic carbocycles. The quantitative estimate of drug-likeness (QED) is 0.627. The van der Waals surface area contributed by atoms with Gasteiger partial charge in [-0.05, 0) is 25.8 Å². The Balaban J connectivity index is 2.13. The molecule has 0 aromatic carbocycles. The van der Waals surface area contributed by atoms with Gasteiger partial charge < -0.3 is 5.11 Å². The molecule has 0 aromatic rings. The molecule has 2 nitrogen and oxygen atoms in total. The maximum atomic E-state index is 8.79. The Bertz CT molecular complexity index is 99.7. The van der Waals surface area contributed by atoms with Gasteiger partial charge in [0.15, 0.2) is 0 Å². The molecule has 1 fully saturated rings. The average Bonchev–Trinajstić information content (AvgIpc) is 2.06. The number of rotatable bonds is 3. The monoisotopic (exact) mass is 157 g/mol. The van der Waals surface area contributed by atoms with Crippen molar-refractivity contribution in [2.75, 3.05) is 20.3 Å². The van der Waals surface area contributed by atoms with Gasteiger partial charge >= 0.3 is 0 Å². The summed E-state index contributed by atoms with van der Waals surface area (Å²) in [6, 6.07) is 0. The van der Waals surface area contributed by atoms with Crippen LogP contribution in [-0.4, -0.2) is 30.3 Å². The molecule has 66 valence electrons. The van der Waals surface area contributed by atoms with Crippen molar-refractivity contribution < 1.29 is 5.11 Å². The molecule has 1 rings (SSSR count). The second-order valence-corrected chi connectivity index (χ2v) is 3.68. The molecular formula is C9H19NO. The topological polar surface area (TPSA) is 23.5 Å². The van der Waals surface area contributed by atoms with E-state index in [9.17, 15) is 0 Å². The minimum Gasteiger partial charge on any atom is -0.381 e. The Kier molecular flexibility index (Phi) is 3.87. The molecule has 0 saturated heterocycles. The van der Waals surface area contributed by atoms with Gasteiger partial charge in [0.25, 0.3) is 0 Å². The lowest BCUT2D eigenvalue weighted by atomic mass is 9.89. The zero-order chi connectivity index (χ0) is 8.10. The van der Waals surface area contributed by atoms with Crippen LogP contribution in [0.3, 0.4) is 0 Å². The van der Waals surface area contributed by atoms with Crippen molar-refractivity contribution in [2.24, 2.45) is 5.92 Å². The number of aliphatic hydroxyl groups excluding tert-OH is 1. The van der Waals surface area contributed by atoms with Crippen molar-refractivity contribution in [3.8, 4) is 0 Å². The molecule has 0 unspecified atom stereocenters. The van der Waals surface area contributed by atoms with Gasteiger partial charge in [-0.1, -0.05) is 19.3 Å². The van der Waals surface area contributed by atoms with Crippen molar-refractivity contribution in [3.05, 3.63) is 0 Å². The van der Waals surface area contributed by atoms with Gasteiger partial charge in [0.05, 0.1) is 6.73 Å². The van der Waals surface area contributed by atoms with Gasteiger partial charge in [0.2, 0.25) is 0 Å². The van der Waals surface area contributed by atoms with Gasteiger partial charge in [0, 0.05) is 6.54 Å². The van der Waals surface area contributed by atoms with Crippen molar-refractivity contribution >= 4 is 0 Å². The fraction of sp³-hybridized carbons (Fsp3) is 1.00. The van der Waals surface area contributed by atoms with E-state index in [1.54, 1.807) is 0 Å². The van der Waals surface area contributed by atoms with Crippen molar-refractivity contribution in [2.45, 2.75) is 32.1 Å². The lowest BCUT2D eigenvalue weighted by Gasteiger charge is -2.25. The highest BCUT2D eigenvalue weighted by Crippen LogP contribution is 2.23. The highest BCUT2D eigenvalue weighted by molar-refractivity contribution is 4.67. The van der Waals surface area contributed by atoms with E-state index in [-0.39, 0.29) is 6.73 Å². The van der Waals surface area contributed by atoms with E-state index in [4.69, 9.17) is 5.11 Å². The molecule has 0 radical (unpaired) electrons. The summed E-state index contributed by atoms with van der Waals surface area (Å²) < 4.78 is 0. The summed E-state index contributed by atoms with van der Waals surface area (Å²) in [6.07, 6.45) is 6.93. The molecule has 1 saturated carbocycles. The van der Waals surface area contributed by atoms with Gasteiger partial charge in [0.1, 0.15) is 0 Å². The first kappa shape index (κ1) is 9.01. The number of hydrogen-bond donors (Lipinski definition) is 1. The Morgan fingerprint density at radius 1 is 1.27 bits per heavy atom. The number of aliphatic hydroxyl groups is 1. The van der Waals surface area contributed by atoms with Gasteiger partial charge in [-0.3, -0.25) is 4.90 Å². The smallest absolute Gasteiger partial charge is 0.0954 e. The van der Waals surface area contributed by atoms with Crippen molar-refractivity contribution in [3.63, 3.8) is 0 Å². The van der Waals surface area contributed by atoms with E-state index in [2.05, 4.69) is 0 Å². The normalized spacial score (nSPS) is 21.0. The molecule has 0 heterocycles. The molecule has 2 heteroatoms. The Hall–Kier alpha value is -0.0800. The van der Waals surface area contributed by atoms with E-state index < -0.39 is 0 Å². The van der Waals surface area contributed by atoms with E-state index in [0.29, 0.717) is 0 Å². The van der Waals surface area contributed by atoms with Gasteiger partial charge in [-0.15, -0.1) is 0 Å². The predicted molar refractivity (Wildman–Crippen MR) is 46.3 cm³/mol. The molecule has 0 aliphatic heterocycles. The lowest BCUT2D eigenvalue weighted by molar-refractivity contribution is 0.108. The second kappa shape index (κ2) is 4.73. The zero-order valence-electron chi connectivity index (χ0n) is 7.42. The van der Waals surface area contributed by atoms with Crippen LogP contribution in [0.4, 0.5) is 0 Å². The summed E-state index contributed by atoms with van der Waals surface area (Å²) in [5.41, 5.74) is 0. The van der Waals surface area contributed by atoms with Crippen LogP contribution in [0, 0.1) is 5.92 Å². The Morgan fingerprint density at radius 3 is 2.45 bits per heavy atom. The molecular weight excluding hydrogens is 138 g/mol. The molecule has 11 heavy (non-hydrogen) atoms. The highest BCUT2D eigenvalue weighted by Gasteiger charge is 2.14. The molecule has 0 bridgehead atoms. The molecule has 1 N–H and O–H groups in total. The summed E-state index contributed by atoms with van der Waals surface area (Å²) in [7, 11) is 1.98. The third kappa shape index (κ3) is 3.21. The third-order valence-corrected chi connectivity index (χ3v) is 2.54. The lowest BCUT2D eigenvalue weighted by Crippen LogP contribution is -2.27. The first-order valence-corrected chi connectivity index (χ1v) is 4.62. The molecule has 0 amide bonds. The Labute approximate surface area is 69.2 Å². The van der Waals surface area contributed by atoms with Crippen LogP contribution in [-0.2, 0) is 0 Å². The molecule has 1 aliphatic rings. The predicted octanol–water partition coefficient (Wildman–Crippen LogP) is 1.45. The molecule has 0 aromatic heterocycles. The summed E-state index contributed by atoms with van der Waals surface area (Å²) in [5.74, 6) is 0.848. The average molecular weight is 157 g/mol. The van der Waals surface area contributed by atoms with Crippen molar-refractivity contribution in [1.82, 2.24) is 4.90 Å². The first-order valence-electron chi connectivity index (χ1n) is 4.62. The van der Waals surface area contributed by atoms with Crippen LogP contribution < -0.4 is 0 Å². The third-order valence-electron chi connectivity index (χ3n) is 2.54. The summed E-state index contributed by atoms with van der Waals surface area (Å²) in [6.45, 7) is 1.28. The van der Waals surface area contributed by atoms with Crippen LogP contribution in [0.2, 0.25) is 0 Å². The van der Waals surface area contributed by atoms with Crippen LogP contribution in [0.25, 0.3) is 0 Å². The van der Waals surface area contributed by atoms with Crippen LogP contribution >= 0.6 is 0 Å². The summed E-state index contributed by atoms with van der Waals surface area (Å²) in [5, 5.41) is 8.79. The summed E-state index contributed by atoms with van der Waals surface area (Å²) in [4.78, 5) is 2.00. The van der Waals surface area contributed by atoms with E-state index in [1.165, 1.54) is 32.1 Å². The summed E-state index contributed by atoms with van der Waals surface area (Å²) >= 11 is 0. The van der Waals surface area contributed by atoms with Gasteiger partial charge in [-0.25, -0.2) is 0 Å². The zero-order valence-corrected chi connectivity index (χ0v) is 7.42.